The molecule has 1 atom stereocenters. The molecule has 184 valence electrons. The lowest BCUT2D eigenvalue weighted by Gasteiger charge is -2.22. The predicted octanol–water partition coefficient (Wildman–Crippen LogP) is 4.02. The number of carbonyl (C=O) groups excluding carboxylic acids is 2. The number of nitrogens with zero attached hydrogens (tertiary/aromatic N) is 3. The molecule has 11 heteroatoms. The zero-order valence-corrected chi connectivity index (χ0v) is 20.4. The van der Waals surface area contributed by atoms with Gasteiger partial charge < -0.3 is 24.7 Å². The molecule has 9 nitrogen and oxygen atoms in total. The summed E-state index contributed by atoms with van der Waals surface area (Å²) in [5, 5.41) is 15.0. The monoisotopic (exact) mass is 499 g/mol. The molecule has 3 aromatic rings. The van der Waals surface area contributed by atoms with Gasteiger partial charge in [0.15, 0.2) is 22.5 Å². The van der Waals surface area contributed by atoms with E-state index in [9.17, 15) is 14.0 Å². The van der Waals surface area contributed by atoms with Crippen molar-refractivity contribution in [2.75, 3.05) is 17.9 Å². The van der Waals surface area contributed by atoms with E-state index in [4.69, 9.17) is 9.47 Å². The van der Waals surface area contributed by atoms with Gasteiger partial charge in [0, 0.05) is 17.8 Å². The summed E-state index contributed by atoms with van der Waals surface area (Å²) in [7, 11) is 0. The number of ether oxygens (including phenoxy) is 2. The SMILES string of the molecule is CCn1c(SCC(=O)Nc2ccc(F)cc2)nnc1C(NC(=O)c1ccc2c(c1)OCO2)C(C)C. The fourth-order valence-corrected chi connectivity index (χ4v) is 4.40. The molecule has 35 heavy (non-hydrogen) atoms. The van der Waals surface area contributed by atoms with Gasteiger partial charge in [0.25, 0.3) is 5.91 Å². The minimum absolute atomic E-state index is 0.0297. The Morgan fingerprint density at radius 1 is 1.11 bits per heavy atom. The highest BCUT2D eigenvalue weighted by Gasteiger charge is 2.27. The first-order chi connectivity index (χ1) is 16.9. The van der Waals surface area contributed by atoms with Crippen molar-refractivity contribution in [1.29, 1.82) is 0 Å². The summed E-state index contributed by atoms with van der Waals surface area (Å²) < 4.78 is 25.6. The molecule has 2 amide bonds. The number of rotatable bonds is 9. The van der Waals surface area contributed by atoms with Crippen molar-refractivity contribution in [1.82, 2.24) is 20.1 Å². The Hall–Kier alpha value is -3.60. The highest BCUT2D eigenvalue weighted by atomic mass is 32.2. The van der Waals surface area contributed by atoms with Gasteiger partial charge in [-0.15, -0.1) is 10.2 Å². The van der Waals surface area contributed by atoms with Crippen LogP contribution >= 0.6 is 11.8 Å². The molecule has 0 aliphatic carbocycles. The van der Waals surface area contributed by atoms with Crippen LogP contribution in [0.5, 0.6) is 11.5 Å². The third-order valence-electron chi connectivity index (χ3n) is 5.39. The first kappa shape index (κ1) is 24.5. The second kappa shape index (κ2) is 10.8. The van der Waals surface area contributed by atoms with Gasteiger partial charge in [-0.1, -0.05) is 25.6 Å². The van der Waals surface area contributed by atoms with Crippen LogP contribution in [0.15, 0.2) is 47.6 Å². The maximum atomic E-state index is 13.1. The van der Waals surface area contributed by atoms with Crippen LogP contribution in [0.2, 0.25) is 0 Å². The van der Waals surface area contributed by atoms with Gasteiger partial charge in [-0.2, -0.15) is 0 Å². The summed E-state index contributed by atoms with van der Waals surface area (Å²) in [4.78, 5) is 25.3. The van der Waals surface area contributed by atoms with E-state index in [1.54, 1.807) is 18.2 Å². The molecule has 1 aromatic heterocycles. The number of benzene rings is 2. The lowest BCUT2D eigenvalue weighted by atomic mass is 10.0. The van der Waals surface area contributed by atoms with Crippen molar-refractivity contribution in [2.24, 2.45) is 5.92 Å². The van der Waals surface area contributed by atoms with Gasteiger partial charge >= 0.3 is 0 Å². The summed E-state index contributed by atoms with van der Waals surface area (Å²) in [6.07, 6.45) is 0. The molecule has 0 saturated heterocycles. The van der Waals surface area contributed by atoms with E-state index in [0.29, 0.717) is 40.3 Å². The highest BCUT2D eigenvalue weighted by molar-refractivity contribution is 7.99. The van der Waals surface area contributed by atoms with Crippen molar-refractivity contribution in [3.05, 3.63) is 59.7 Å². The number of hydrogen-bond acceptors (Lipinski definition) is 7. The van der Waals surface area contributed by atoms with E-state index in [0.717, 1.165) is 0 Å². The first-order valence-corrected chi connectivity index (χ1v) is 12.2. The molecular weight excluding hydrogens is 473 g/mol. The van der Waals surface area contributed by atoms with Crippen LogP contribution in [-0.4, -0.2) is 39.1 Å². The van der Waals surface area contributed by atoms with Crippen molar-refractivity contribution in [2.45, 2.75) is 38.5 Å². The van der Waals surface area contributed by atoms with Crippen LogP contribution in [0.4, 0.5) is 10.1 Å². The van der Waals surface area contributed by atoms with E-state index >= 15 is 0 Å². The molecule has 2 aromatic carbocycles. The number of amides is 2. The molecule has 0 saturated carbocycles. The molecular formula is C24H26FN5O4S. The van der Waals surface area contributed by atoms with Crippen molar-refractivity contribution >= 4 is 29.3 Å². The fraction of sp³-hybridized carbons (Fsp3) is 0.333. The van der Waals surface area contributed by atoms with E-state index in [-0.39, 0.29) is 36.1 Å². The molecule has 4 rings (SSSR count). The van der Waals surface area contributed by atoms with Crippen molar-refractivity contribution in [3.8, 4) is 11.5 Å². The average Bonchev–Trinajstić information content (AvgIpc) is 3.48. The van der Waals surface area contributed by atoms with Crippen LogP contribution in [-0.2, 0) is 11.3 Å². The van der Waals surface area contributed by atoms with Gasteiger partial charge in [-0.05, 0) is 55.3 Å². The van der Waals surface area contributed by atoms with Gasteiger partial charge in [0.05, 0.1) is 11.8 Å². The molecule has 0 radical (unpaired) electrons. The second-order valence-corrected chi connectivity index (χ2v) is 9.13. The number of carbonyl (C=O) groups is 2. The van der Waals surface area contributed by atoms with E-state index in [1.165, 1.54) is 36.0 Å². The third-order valence-corrected chi connectivity index (χ3v) is 6.35. The van der Waals surface area contributed by atoms with Crippen LogP contribution in [0.3, 0.4) is 0 Å². The number of anilines is 1. The molecule has 2 heterocycles. The Morgan fingerprint density at radius 2 is 1.86 bits per heavy atom. The average molecular weight is 500 g/mol. The normalized spacial score (nSPS) is 13.1. The van der Waals surface area contributed by atoms with Crippen LogP contribution < -0.4 is 20.1 Å². The smallest absolute Gasteiger partial charge is 0.252 e. The molecule has 0 spiro atoms. The molecule has 1 aliphatic rings. The second-order valence-electron chi connectivity index (χ2n) is 8.19. The van der Waals surface area contributed by atoms with E-state index < -0.39 is 6.04 Å². The quantitative estimate of drug-likeness (QED) is 0.428. The van der Waals surface area contributed by atoms with Crippen LogP contribution in [0.25, 0.3) is 0 Å². The topological polar surface area (TPSA) is 107 Å². The number of thioether (sulfide) groups is 1. The van der Waals surface area contributed by atoms with Gasteiger partial charge in [0.2, 0.25) is 12.7 Å². The van der Waals surface area contributed by atoms with Crippen LogP contribution in [0.1, 0.15) is 43.0 Å². The standard InChI is InChI=1S/C24H26FN5O4S/c1-4-30-22(28-29-24(30)35-12-20(31)26-17-8-6-16(25)7-9-17)21(14(2)3)27-23(32)15-5-10-18-19(11-15)34-13-33-18/h5-11,14,21H,4,12-13H2,1-3H3,(H,26,31)(H,27,32). The van der Waals surface area contributed by atoms with E-state index in [1.807, 2.05) is 25.3 Å². The Kier molecular flexibility index (Phi) is 7.54. The zero-order valence-electron chi connectivity index (χ0n) is 19.6. The Bertz CT molecular complexity index is 1220. The summed E-state index contributed by atoms with van der Waals surface area (Å²) in [6, 6.07) is 10.2. The maximum absolute atomic E-state index is 13.1. The largest absolute Gasteiger partial charge is 0.454 e. The zero-order chi connectivity index (χ0) is 24.9. The lowest BCUT2D eigenvalue weighted by Crippen LogP contribution is -2.33. The molecule has 1 unspecified atom stereocenters. The Labute approximate surface area is 206 Å². The summed E-state index contributed by atoms with van der Waals surface area (Å²) >= 11 is 1.24. The molecule has 0 bridgehead atoms. The summed E-state index contributed by atoms with van der Waals surface area (Å²) in [5.41, 5.74) is 0.968. The molecule has 2 N–H and O–H groups in total. The van der Waals surface area contributed by atoms with Crippen molar-refractivity contribution < 1.29 is 23.5 Å². The summed E-state index contributed by atoms with van der Waals surface area (Å²) in [5.74, 6) is 1.01. The van der Waals surface area contributed by atoms with Crippen LogP contribution in [0, 0.1) is 11.7 Å². The molecule has 0 fully saturated rings. The van der Waals surface area contributed by atoms with Gasteiger partial charge in [-0.3, -0.25) is 9.59 Å². The lowest BCUT2D eigenvalue weighted by molar-refractivity contribution is -0.113. The minimum Gasteiger partial charge on any atom is -0.454 e. The maximum Gasteiger partial charge on any atom is 0.252 e. The molecule has 1 aliphatic heterocycles. The van der Waals surface area contributed by atoms with Crippen molar-refractivity contribution in [3.63, 3.8) is 0 Å². The number of halogens is 1. The number of nitrogens with one attached hydrogen (secondary N) is 2. The summed E-state index contributed by atoms with van der Waals surface area (Å²) in [6.45, 7) is 6.63. The highest BCUT2D eigenvalue weighted by Crippen LogP contribution is 2.33. The fourth-order valence-electron chi connectivity index (χ4n) is 3.59. The van der Waals surface area contributed by atoms with Gasteiger partial charge in [-0.25, -0.2) is 4.39 Å². The minimum atomic E-state index is -0.400. The number of fused-ring (bicyclic) bond motifs is 1. The number of hydrogen-bond donors (Lipinski definition) is 2. The van der Waals surface area contributed by atoms with E-state index in [2.05, 4.69) is 20.8 Å². The predicted molar refractivity (Wildman–Crippen MR) is 129 cm³/mol. The Balaban J connectivity index is 1.44. The Morgan fingerprint density at radius 3 is 2.57 bits per heavy atom. The number of aromatic nitrogens is 3. The first-order valence-electron chi connectivity index (χ1n) is 11.2. The van der Waals surface area contributed by atoms with Gasteiger partial charge in [0.1, 0.15) is 5.82 Å². The third kappa shape index (κ3) is 5.73.